The van der Waals surface area contributed by atoms with E-state index < -0.39 is 0 Å². The lowest BCUT2D eigenvalue weighted by Crippen LogP contribution is -2.14. The van der Waals surface area contributed by atoms with Crippen molar-refractivity contribution in [1.82, 2.24) is 5.32 Å². The first-order valence-electron chi connectivity index (χ1n) is 6.58. The molecule has 1 heterocycles. The van der Waals surface area contributed by atoms with Crippen LogP contribution in [0.3, 0.4) is 0 Å². The maximum absolute atomic E-state index is 13.8. The monoisotopic (exact) mass is 265 g/mol. The van der Waals surface area contributed by atoms with Gasteiger partial charge in [-0.3, -0.25) is 0 Å². The largest absolute Gasteiger partial charge is 0.456 e. The number of hydrogen-bond acceptors (Lipinski definition) is 3. The Morgan fingerprint density at radius 3 is 2.84 bits per heavy atom. The molecule has 0 amide bonds. The maximum Gasteiger partial charge on any atom is 0.170 e. The van der Waals surface area contributed by atoms with Crippen LogP contribution in [-0.4, -0.2) is 13.7 Å². The summed E-state index contributed by atoms with van der Waals surface area (Å²) in [6.45, 7) is 6.00. The van der Waals surface area contributed by atoms with Gasteiger partial charge < -0.3 is 14.5 Å². The van der Waals surface area contributed by atoms with Gasteiger partial charge in [-0.1, -0.05) is 13.0 Å². The first kappa shape index (κ1) is 14.0. The first-order valence-corrected chi connectivity index (χ1v) is 6.58. The van der Waals surface area contributed by atoms with Crippen LogP contribution in [0.15, 0.2) is 16.5 Å². The summed E-state index contributed by atoms with van der Waals surface area (Å²) in [5.74, 6) is 0.443. The fraction of sp³-hybridized carbons (Fsp3) is 0.467. The van der Waals surface area contributed by atoms with Crippen molar-refractivity contribution in [3.63, 3.8) is 0 Å². The first-order chi connectivity index (χ1) is 9.19. The second-order valence-electron chi connectivity index (χ2n) is 4.68. The Morgan fingerprint density at radius 2 is 2.16 bits per heavy atom. The number of ether oxygens (including phenoxy) is 1. The van der Waals surface area contributed by atoms with Crippen LogP contribution in [0, 0.1) is 12.7 Å². The number of fused-ring (bicyclic) bond motifs is 1. The molecule has 4 heteroatoms. The highest BCUT2D eigenvalue weighted by Crippen LogP contribution is 2.31. The molecule has 0 saturated heterocycles. The van der Waals surface area contributed by atoms with E-state index in [9.17, 15) is 4.39 Å². The molecule has 1 N–H and O–H groups in total. The third-order valence-corrected chi connectivity index (χ3v) is 3.18. The molecule has 0 radical (unpaired) electrons. The van der Waals surface area contributed by atoms with E-state index in [-0.39, 0.29) is 5.82 Å². The molecule has 0 aliphatic heterocycles. The zero-order valence-electron chi connectivity index (χ0n) is 11.7. The van der Waals surface area contributed by atoms with Crippen LogP contribution < -0.4 is 5.32 Å². The smallest absolute Gasteiger partial charge is 0.170 e. The molecular formula is C15H20FNO2. The van der Waals surface area contributed by atoms with E-state index >= 15 is 0 Å². The molecule has 0 unspecified atom stereocenters. The summed E-state index contributed by atoms with van der Waals surface area (Å²) in [5.41, 5.74) is 2.28. The molecule has 19 heavy (non-hydrogen) atoms. The van der Waals surface area contributed by atoms with Crippen LogP contribution in [-0.2, 0) is 17.9 Å². The molecule has 0 saturated carbocycles. The van der Waals surface area contributed by atoms with E-state index in [0.29, 0.717) is 18.7 Å². The van der Waals surface area contributed by atoms with Crippen molar-refractivity contribution in [3.05, 3.63) is 34.8 Å². The zero-order chi connectivity index (χ0) is 13.8. The standard InChI is InChI=1S/C15H20FNO2/c1-4-7-17-8-13-11(9-18-3)14-10(2)5-6-12(16)15(14)19-13/h5-6,17H,4,7-9H2,1-3H3. The minimum atomic E-state index is -0.320. The minimum absolute atomic E-state index is 0.320. The predicted molar refractivity (Wildman–Crippen MR) is 73.6 cm³/mol. The summed E-state index contributed by atoms with van der Waals surface area (Å²) >= 11 is 0. The highest BCUT2D eigenvalue weighted by atomic mass is 19.1. The number of aryl methyl sites for hydroxylation is 1. The van der Waals surface area contributed by atoms with Crippen molar-refractivity contribution >= 4 is 11.0 Å². The molecule has 104 valence electrons. The molecule has 2 rings (SSSR count). The second kappa shape index (κ2) is 6.17. The Hall–Kier alpha value is -1.39. The van der Waals surface area contributed by atoms with Crippen LogP contribution in [0.2, 0.25) is 0 Å². The molecule has 3 nitrogen and oxygen atoms in total. The number of halogens is 1. The van der Waals surface area contributed by atoms with Gasteiger partial charge in [-0.05, 0) is 31.5 Å². The molecule has 1 aromatic heterocycles. The van der Waals surface area contributed by atoms with Gasteiger partial charge >= 0.3 is 0 Å². The summed E-state index contributed by atoms with van der Waals surface area (Å²) in [4.78, 5) is 0. The lowest BCUT2D eigenvalue weighted by molar-refractivity contribution is 0.183. The van der Waals surface area contributed by atoms with E-state index in [2.05, 4.69) is 12.2 Å². The summed E-state index contributed by atoms with van der Waals surface area (Å²) in [6, 6.07) is 3.22. The fourth-order valence-electron chi connectivity index (χ4n) is 2.27. The lowest BCUT2D eigenvalue weighted by Gasteiger charge is -2.04. The highest BCUT2D eigenvalue weighted by Gasteiger charge is 2.18. The van der Waals surface area contributed by atoms with Gasteiger partial charge in [0.1, 0.15) is 5.76 Å². The summed E-state index contributed by atoms with van der Waals surface area (Å²) < 4.78 is 24.8. The van der Waals surface area contributed by atoms with Gasteiger partial charge in [0.25, 0.3) is 0 Å². The van der Waals surface area contributed by atoms with Gasteiger partial charge in [0.15, 0.2) is 11.4 Å². The van der Waals surface area contributed by atoms with Crippen molar-refractivity contribution < 1.29 is 13.5 Å². The third-order valence-electron chi connectivity index (χ3n) is 3.18. The number of hydrogen-bond donors (Lipinski definition) is 1. The van der Waals surface area contributed by atoms with Crippen molar-refractivity contribution in [3.8, 4) is 0 Å². The Morgan fingerprint density at radius 1 is 1.37 bits per heavy atom. The maximum atomic E-state index is 13.8. The van der Waals surface area contributed by atoms with Crippen molar-refractivity contribution in [2.75, 3.05) is 13.7 Å². The molecule has 0 aliphatic rings. The SMILES string of the molecule is CCCNCc1oc2c(F)ccc(C)c2c1COC. The van der Waals surface area contributed by atoms with Crippen LogP contribution >= 0.6 is 0 Å². The van der Waals surface area contributed by atoms with E-state index in [4.69, 9.17) is 9.15 Å². The van der Waals surface area contributed by atoms with Gasteiger partial charge in [-0.15, -0.1) is 0 Å². The van der Waals surface area contributed by atoms with Crippen molar-refractivity contribution in [1.29, 1.82) is 0 Å². The van der Waals surface area contributed by atoms with Gasteiger partial charge in [0, 0.05) is 18.1 Å². The number of furan rings is 1. The Kier molecular flexibility index (Phi) is 4.56. The van der Waals surface area contributed by atoms with Gasteiger partial charge in [0.2, 0.25) is 0 Å². The van der Waals surface area contributed by atoms with Crippen LogP contribution in [0.4, 0.5) is 4.39 Å². The quantitative estimate of drug-likeness (QED) is 0.811. The molecule has 2 aromatic rings. The summed E-state index contributed by atoms with van der Waals surface area (Å²) in [6.07, 6.45) is 1.05. The average Bonchev–Trinajstić information content (AvgIpc) is 2.75. The fourth-order valence-corrected chi connectivity index (χ4v) is 2.27. The Balaban J connectivity index is 2.47. The lowest BCUT2D eigenvalue weighted by atomic mass is 10.1. The summed E-state index contributed by atoms with van der Waals surface area (Å²) in [7, 11) is 1.64. The van der Waals surface area contributed by atoms with E-state index in [0.717, 1.165) is 35.2 Å². The van der Waals surface area contributed by atoms with Gasteiger partial charge in [0.05, 0.1) is 13.2 Å². The number of nitrogens with one attached hydrogen (secondary N) is 1. The molecular weight excluding hydrogens is 245 g/mol. The molecule has 0 spiro atoms. The number of methoxy groups -OCH3 is 1. The van der Waals surface area contributed by atoms with E-state index in [1.54, 1.807) is 13.2 Å². The van der Waals surface area contributed by atoms with E-state index in [1.807, 2.05) is 6.92 Å². The Labute approximate surface area is 112 Å². The van der Waals surface area contributed by atoms with Crippen LogP contribution in [0.25, 0.3) is 11.0 Å². The second-order valence-corrected chi connectivity index (χ2v) is 4.68. The molecule has 0 atom stereocenters. The van der Waals surface area contributed by atoms with Crippen LogP contribution in [0.5, 0.6) is 0 Å². The van der Waals surface area contributed by atoms with Crippen molar-refractivity contribution in [2.45, 2.75) is 33.4 Å². The highest BCUT2D eigenvalue weighted by molar-refractivity contribution is 5.86. The molecule has 0 fully saturated rings. The zero-order valence-corrected chi connectivity index (χ0v) is 11.7. The molecule has 1 aromatic carbocycles. The van der Waals surface area contributed by atoms with Gasteiger partial charge in [-0.25, -0.2) is 4.39 Å². The van der Waals surface area contributed by atoms with Crippen molar-refractivity contribution in [2.24, 2.45) is 0 Å². The summed E-state index contributed by atoms with van der Waals surface area (Å²) in [5, 5.41) is 4.12. The molecule has 0 bridgehead atoms. The average molecular weight is 265 g/mol. The third kappa shape index (κ3) is 2.80. The van der Waals surface area contributed by atoms with Crippen LogP contribution in [0.1, 0.15) is 30.2 Å². The normalized spacial score (nSPS) is 11.4. The number of rotatable bonds is 6. The minimum Gasteiger partial charge on any atom is -0.456 e. The number of benzene rings is 1. The Bertz CT molecular complexity index is 563. The van der Waals surface area contributed by atoms with Gasteiger partial charge in [-0.2, -0.15) is 0 Å². The molecule has 0 aliphatic carbocycles. The topological polar surface area (TPSA) is 34.4 Å². The predicted octanol–water partition coefficient (Wildman–Crippen LogP) is 3.53. The van der Waals surface area contributed by atoms with E-state index in [1.165, 1.54) is 6.07 Å².